The molecule has 0 aliphatic heterocycles. The third-order valence-electron chi connectivity index (χ3n) is 4.15. The Bertz CT molecular complexity index is 878. The van der Waals surface area contributed by atoms with Crippen LogP contribution in [0.2, 0.25) is 0 Å². The molecule has 0 fully saturated rings. The number of hydrogen-bond acceptors (Lipinski definition) is 1. The second kappa shape index (κ2) is 8.02. The Morgan fingerprint density at radius 2 is 0.960 bits per heavy atom. The van der Waals surface area contributed by atoms with E-state index in [4.69, 9.17) is 4.98 Å². The van der Waals surface area contributed by atoms with Crippen LogP contribution in [0.5, 0.6) is 0 Å². The van der Waals surface area contributed by atoms with Crippen LogP contribution in [0.3, 0.4) is 0 Å². The van der Waals surface area contributed by atoms with Crippen LogP contribution in [0.1, 0.15) is 0 Å². The summed E-state index contributed by atoms with van der Waals surface area (Å²) in [6.45, 7) is 0. The average Bonchev–Trinajstić information content (AvgIpc) is 2.69. The van der Waals surface area contributed by atoms with E-state index in [1.165, 1.54) is 22.3 Å². The van der Waals surface area contributed by atoms with E-state index in [0.29, 0.717) is 0 Å². The summed E-state index contributed by atoms with van der Waals surface area (Å²) in [5.41, 5.74) is 6.92. The quantitative estimate of drug-likeness (QED) is 0.333. The normalized spacial score (nSPS) is 10.1. The molecule has 25 heavy (non-hydrogen) atoms. The number of nitrogens with zero attached hydrogens (tertiary/aromatic N) is 1. The van der Waals surface area contributed by atoms with Crippen molar-refractivity contribution >= 4 is 0 Å². The maximum Gasteiger partial charge on any atom is 0.0786 e. The molecule has 0 spiro atoms. The summed E-state index contributed by atoms with van der Waals surface area (Å²) in [5, 5.41) is 0. The molecule has 0 bridgehead atoms. The van der Waals surface area contributed by atoms with Crippen molar-refractivity contribution in [3.8, 4) is 33.5 Å². The van der Waals surface area contributed by atoms with Gasteiger partial charge in [-0.05, 0) is 22.8 Å². The van der Waals surface area contributed by atoms with Gasteiger partial charge in [-0.25, -0.2) is 0 Å². The summed E-state index contributed by atoms with van der Waals surface area (Å²) in [4.78, 5) is 4.71. The topological polar surface area (TPSA) is 12.9 Å². The third kappa shape index (κ3) is 3.61. The Labute approximate surface area is 161 Å². The summed E-state index contributed by atoms with van der Waals surface area (Å²) in [5.74, 6) is 0. The molecule has 0 aliphatic carbocycles. The van der Waals surface area contributed by atoms with Gasteiger partial charge in [-0.2, -0.15) is 0 Å². The molecule has 1 aromatic heterocycles. The first-order chi connectivity index (χ1) is 11.9. The minimum Gasteiger partial charge on any atom is -0.256 e. The summed E-state index contributed by atoms with van der Waals surface area (Å²) in [6, 6.07) is 33.5. The predicted octanol–water partition coefficient (Wildman–Crippen LogP) is 6.08. The van der Waals surface area contributed by atoms with Gasteiger partial charge in [0, 0.05) is 37.4 Å². The SMILES string of the molecule is [Ir].c1ccc(-c2ccnc(-c3ccccc3)c2-c2ccccc2)cc1. The molecule has 0 saturated carbocycles. The van der Waals surface area contributed by atoms with Crippen molar-refractivity contribution in [3.05, 3.63) is 103 Å². The van der Waals surface area contributed by atoms with Crippen LogP contribution in [0.15, 0.2) is 103 Å². The monoisotopic (exact) mass is 500 g/mol. The van der Waals surface area contributed by atoms with Gasteiger partial charge >= 0.3 is 0 Å². The van der Waals surface area contributed by atoms with E-state index in [1.54, 1.807) is 0 Å². The van der Waals surface area contributed by atoms with E-state index in [-0.39, 0.29) is 20.1 Å². The van der Waals surface area contributed by atoms with E-state index >= 15 is 0 Å². The number of benzene rings is 3. The van der Waals surface area contributed by atoms with Crippen molar-refractivity contribution in [3.63, 3.8) is 0 Å². The Kier molecular flexibility index (Phi) is 5.55. The molecule has 2 heteroatoms. The zero-order valence-electron chi connectivity index (χ0n) is 13.6. The molecule has 0 unspecified atom stereocenters. The van der Waals surface area contributed by atoms with Gasteiger partial charge in [0.25, 0.3) is 0 Å². The summed E-state index contributed by atoms with van der Waals surface area (Å²) in [6.07, 6.45) is 1.90. The first kappa shape index (κ1) is 17.3. The Morgan fingerprint density at radius 1 is 0.480 bits per heavy atom. The third-order valence-corrected chi connectivity index (χ3v) is 4.15. The van der Waals surface area contributed by atoms with Gasteiger partial charge in [0.1, 0.15) is 0 Å². The number of pyridine rings is 1. The molecule has 0 saturated heterocycles. The van der Waals surface area contributed by atoms with E-state index in [1.807, 2.05) is 24.4 Å². The van der Waals surface area contributed by atoms with Crippen LogP contribution in [-0.4, -0.2) is 4.98 Å². The Balaban J connectivity index is 0.00000182. The fraction of sp³-hybridized carbons (Fsp3) is 0. The largest absolute Gasteiger partial charge is 0.256 e. The van der Waals surface area contributed by atoms with Crippen molar-refractivity contribution in [1.29, 1.82) is 0 Å². The number of aromatic nitrogens is 1. The van der Waals surface area contributed by atoms with Gasteiger partial charge in [-0.1, -0.05) is 91.0 Å². The minimum atomic E-state index is 0. The Hall–Kier alpha value is -2.54. The fourth-order valence-electron chi connectivity index (χ4n) is 3.03. The molecule has 1 radical (unpaired) electrons. The molecule has 0 N–H and O–H groups in total. The molecule has 3 aromatic carbocycles. The number of rotatable bonds is 3. The molecule has 1 nitrogen and oxygen atoms in total. The molecule has 0 aliphatic rings. The second-order valence-electron chi connectivity index (χ2n) is 5.68. The van der Waals surface area contributed by atoms with Gasteiger partial charge < -0.3 is 0 Å². The molecule has 1 heterocycles. The molecular formula is C23H17IrN. The summed E-state index contributed by atoms with van der Waals surface area (Å²) >= 11 is 0. The van der Waals surface area contributed by atoms with Crippen molar-refractivity contribution < 1.29 is 20.1 Å². The maximum absolute atomic E-state index is 4.71. The summed E-state index contributed by atoms with van der Waals surface area (Å²) in [7, 11) is 0. The summed E-state index contributed by atoms with van der Waals surface area (Å²) < 4.78 is 0. The number of hydrogen-bond donors (Lipinski definition) is 0. The smallest absolute Gasteiger partial charge is 0.0786 e. The first-order valence-electron chi connectivity index (χ1n) is 8.09. The van der Waals surface area contributed by atoms with Crippen LogP contribution in [-0.2, 0) is 20.1 Å². The molecule has 0 atom stereocenters. The van der Waals surface area contributed by atoms with Crippen molar-refractivity contribution in [2.75, 3.05) is 0 Å². The molecule has 4 rings (SSSR count). The molecule has 0 amide bonds. The van der Waals surface area contributed by atoms with Gasteiger partial charge in [-0.15, -0.1) is 0 Å². The Morgan fingerprint density at radius 3 is 1.52 bits per heavy atom. The van der Waals surface area contributed by atoms with E-state index < -0.39 is 0 Å². The van der Waals surface area contributed by atoms with E-state index in [2.05, 4.69) is 78.9 Å². The van der Waals surface area contributed by atoms with Crippen molar-refractivity contribution in [1.82, 2.24) is 4.98 Å². The van der Waals surface area contributed by atoms with Gasteiger partial charge in [0.15, 0.2) is 0 Å². The minimum absolute atomic E-state index is 0. The van der Waals surface area contributed by atoms with Crippen LogP contribution < -0.4 is 0 Å². The standard InChI is InChI=1S/C23H17N.Ir/c1-4-10-18(11-5-1)21-16-17-24-23(20-14-8-3-9-15-20)22(21)19-12-6-2-7-13-19;/h1-17H;. The van der Waals surface area contributed by atoms with Crippen molar-refractivity contribution in [2.24, 2.45) is 0 Å². The zero-order chi connectivity index (χ0) is 16.2. The molecule has 4 aromatic rings. The van der Waals surface area contributed by atoms with Gasteiger partial charge in [-0.3, -0.25) is 4.98 Å². The zero-order valence-corrected chi connectivity index (χ0v) is 16.0. The molecule has 123 valence electrons. The van der Waals surface area contributed by atoms with Crippen molar-refractivity contribution in [2.45, 2.75) is 0 Å². The fourth-order valence-corrected chi connectivity index (χ4v) is 3.03. The predicted molar refractivity (Wildman–Crippen MR) is 101 cm³/mol. The maximum atomic E-state index is 4.71. The van der Waals surface area contributed by atoms with E-state index in [9.17, 15) is 0 Å². The van der Waals surface area contributed by atoms with Gasteiger partial charge in [0.05, 0.1) is 5.69 Å². The second-order valence-corrected chi connectivity index (χ2v) is 5.68. The van der Waals surface area contributed by atoms with Crippen LogP contribution in [0.4, 0.5) is 0 Å². The van der Waals surface area contributed by atoms with Crippen LogP contribution in [0.25, 0.3) is 33.5 Å². The van der Waals surface area contributed by atoms with Gasteiger partial charge in [0.2, 0.25) is 0 Å². The first-order valence-corrected chi connectivity index (χ1v) is 8.09. The van der Waals surface area contributed by atoms with Crippen LogP contribution in [0, 0.1) is 0 Å². The van der Waals surface area contributed by atoms with E-state index in [0.717, 1.165) is 11.3 Å². The average molecular weight is 500 g/mol. The van der Waals surface area contributed by atoms with Crippen LogP contribution >= 0.6 is 0 Å². The molecular weight excluding hydrogens is 482 g/mol.